The summed E-state index contributed by atoms with van der Waals surface area (Å²) in [6.07, 6.45) is 0.845. The van der Waals surface area contributed by atoms with Gasteiger partial charge < -0.3 is 15.7 Å². The second-order valence-electron chi connectivity index (χ2n) is 4.78. The van der Waals surface area contributed by atoms with Crippen molar-refractivity contribution >= 4 is 11.4 Å². The number of aryl methyl sites for hydroxylation is 1. The zero-order chi connectivity index (χ0) is 11.7. The van der Waals surface area contributed by atoms with Crippen molar-refractivity contribution < 1.29 is 5.11 Å². The maximum absolute atomic E-state index is 9.59. The second-order valence-corrected chi connectivity index (χ2v) is 4.78. The molecule has 2 atom stereocenters. The van der Waals surface area contributed by atoms with E-state index < -0.39 is 0 Å². The van der Waals surface area contributed by atoms with E-state index in [1.807, 2.05) is 19.1 Å². The number of nitrogens with two attached hydrogens (primary N) is 1. The largest absolute Gasteiger partial charge is 0.399 e. The van der Waals surface area contributed by atoms with Crippen molar-refractivity contribution in [3.05, 3.63) is 23.8 Å². The van der Waals surface area contributed by atoms with Gasteiger partial charge in [-0.25, -0.2) is 0 Å². The molecule has 0 saturated carbocycles. The first-order chi connectivity index (χ1) is 7.58. The average molecular weight is 220 g/mol. The van der Waals surface area contributed by atoms with Gasteiger partial charge in [0, 0.05) is 30.4 Å². The maximum Gasteiger partial charge on any atom is 0.0557 e. The standard InChI is InChI=1S/C13H20N2O/c1-9-3-4-12(14)7-13(9)15-6-5-11(8-15)10(2)16/h3-4,7,10-11,16H,5-6,8,14H2,1-2H3. The Morgan fingerprint density at radius 3 is 2.88 bits per heavy atom. The number of hydrogen-bond donors (Lipinski definition) is 2. The van der Waals surface area contributed by atoms with E-state index in [2.05, 4.69) is 17.9 Å². The predicted octanol–water partition coefficient (Wildman–Crippen LogP) is 1.78. The Hall–Kier alpha value is -1.22. The van der Waals surface area contributed by atoms with E-state index in [4.69, 9.17) is 5.73 Å². The van der Waals surface area contributed by atoms with E-state index in [1.165, 1.54) is 11.3 Å². The molecule has 1 aromatic carbocycles. The van der Waals surface area contributed by atoms with E-state index in [1.54, 1.807) is 0 Å². The monoisotopic (exact) mass is 220 g/mol. The van der Waals surface area contributed by atoms with Crippen LogP contribution in [0.25, 0.3) is 0 Å². The predicted molar refractivity (Wildman–Crippen MR) is 67.6 cm³/mol. The Labute approximate surface area is 96.9 Å². The van der Waals surface area contributed by atoms with Crippen molar-refractivity contribution in [3.63, 3.8) is 0 Å². The number of benzene rings is 1. The van der Waals surface area contributed by atoms with Crippen molar-refractivity contribution in [1.82, 2.24) is 0 Å². The third-order valence-corrected chi connectivity index (χ3v) is 3.48. The van der Waals surface area contributed by atoms with Crippen molar-refractivity contribution in [2.75, 3.05) is 23.7 Å². The molecular weight excluding hydrogens is 200 g/mol. The summed E-state index contributed by atoms with van der Waals surface area (Å²) < 4.78 is 0. The van der Waals surface area contributed by atoms with Crippen LogP contribution in [0.1, 0.15) is 18.9 Å². The molecule has 0 aliphatic carbocycles. The van der Waals surface area contributed by atoms with Crippen molar-refractivity contribution in [1.29, 1.82) is 0 Å². The van der Waals surface area contributed by atoms with Gasteiger partial charge in [-0.05, 0) is 38.0 Å². The first-order valence-electron chi connectivity index (χ1n) is 5.87. The molecule has 2 rings (SSSR count). The lowest BCUT2D eigenvalue weighted by molar-refractivity contribution is 0.136. The van der Waals surface area contributed by atoms with Crippen molar-refractivity contribution in [2.24, 2.45) is 5.92 Å². The molecule has 0 radical (unpaired) electrons. The van der Waals surface area contributed by atoms with Crippen LogP contribution in [0.4, 0.5) is 11.4 Å². The summed E-state index contributed by atoms with van der Waals surface area (Å²) in [5.74, 6) is 0.390. The molecule has 0 amide bonds. The SMILES string of the molecule is Cc1ccc(N)cc1N1CCC(C(C)O)C1. The fourth-order valence-electron chi connectivity index (χ4n) is 2.37. The highest BCUT2D eigenvalue weighted by Crippen LogP contribution is 2.29. The molecule has 2 unspecified atom stereocenters. The van der Waals surface area contributed by atoms with Crippen LogP contribution in [0.15, 0.2) is 18.2 Å². The van der Waals surface area contributed by atoms with Gasteiger partial charge in [0.1, 0.15) is 0 Å². The minimum atomic E-state index is -0.216. The molecule has 3 nitrogen and oxygen atoms in total. The van der Waals surface area contributed by atoms with Gasteiger partial charge in [0.05, 0.1) is 6.10 Å². The Bertz CT molecular complexity index is 376. The highest BCUT2D eigenvalue weighted by molar-refractivity contribution is 5.61. The van der Waals surface area contributed by atoms with E-state index >= 15 is 0 Å². The molecule has 1 aromatic rings. The first kappa shape index (κ1) is 11.3. The molecule has 1 heterocycles. The number of nitrogen functional groups attached to an aromatic ring is 1. The van der Waals surface area contributed by atoms with E-state index in [-0.39, 0.29) is 6.10 Å². The summed E-state index contributed by atoms with van der Waals surface area (Å²) in [7, 11) is 0. The van der Waals surface area contributed by atoms with Crippen LogP contribution in [-0.4, -0.2) is 24.3 Å². The number of anilines is 2. The zero-order valence-corrected chi connectivity index (χ0v) is 9.98. The molecule has 1 aliphatic heterocycles. The summed E-state index contributed by atoms with van der Waals surface area (Å²) >= 11 is 0. The number of hydrogen-bond acceptors (Lipinski definition) is 3. The maximum atomic E-state index is 9.59. The third-order valence-electron chi connectivity index (χ3n) is 3.48. The minimum Gasteiger partial charge on any atom is -0.399 e. The lowest BCUT2D eigenvalue weighted by Gasteiger charge is -2.22. The molecule has 0 bridgehead atoms. The summed E-state index contributed by atoms with van der Waals surface area (Å²) in [6.45, 7) is 5.92. The lowest BCUT2D eigenvalue weighted by atomic mass is 10.0. The molecule has 0 aromatic heterocycles. The van der Waals surface area contributed by atoms with Gasteiger partial charge in [-0.3, -0.25) is 0 Å². The second kappa shape index (κ2) is 4.34. The number of rotatable bonds is 2. The Morgan fingerprint density at radius 2 is 2.25 bits per heavy atom. The van der Waals surface area contributed by atoms with Crippen LogP contribution < -0.4 is 10.6 Å². The summed E-state index contributed by atoms with van der Waals surface area (Å²) in [6, 6.07) is 6.02. The molecule has 1 fully saturated rings. The van der Waals surface area contributed by atoms with Gasteiger partial charge in [0.15, 0.2) is 0 Å². The minimum absolute atomic E-state index is 0.216. The Kier molecular flexibility index (Phi) is 3.06. The van der Waals surface area contributed by atoms with Crippen LogP contribution in [0.3, 0.4) is 0 Å². The quantitative estimate of drug-likeness (QED) is 0.747. The van der Waals surface area contributed by atoms with Gasteiger partial charge in [-0.2, -0.15) is 0 Å². The fraction of sp³-hybridized carbons (Fsp3) is 0.538. The molecular formula is C13H20N2O. The third kappa shape index (κ3) is 2.14. The van der Waals surface area contributed by atoms with Gasteiger partial charge >= 0.3 is 0 Å². The highest BCUT2D eigenvalue weighted by Gasteiger charge is 2.26. The molecule has 1 saturated heterocycles. The van der Waals surface area contributed by atoms with Crippen LogP contribution >= 0.6 is 0 Å². The topological polar surface area (TPSA) is 49.5 Å². The molecule has 16 heavy (non-hydrogen) atoms. The first-order valence-corrected chi connectivity index (χ1v) is 5.87. The van der Waals surface area contributed by atoms with Crippen molar-refractivity contribution in [3.8, 4) is 0 Å². The number of nitrogens with zero attached hydrogens (tertiary/aromatic N) is 1. The molecule has 3 N–H and O–H groups in total. The van der Waals surface area contributed by atoms with Gasteiger partial charge in [0.25, 0.3) is 0 Å². The smallest absolute Gasteiger partial charge is 0.0557 e. The Balaban J connectivity index is 2.17. The number of aliphatic hydroxyl groups excluding tert-OH is 1. The molecule has 88 valence electrons. The fourth-order valence-corrected chi connectivity index (χ4v) is 2.37. The summed E-state index contributed by atoms with van der Waals surface area (Å²) in [4.78, 5) is 2.32. The summed E-state index contributed by atoms with van der Waals surface area (Å²) in [5, 5.41) is 9.59. The summed E-state index contributed by atoms with van der Waals surface area (Å²) in [5.41, 5.74) is 9.08. The lowest BCUT2D eigenvalue weighted by Crippen LogP contribution is -2.24. The van der Waals surface area contributed by atoms with Gasteiger partial charge in [-0.15, -0.1) is 0 Å². The van der Waals surface area contributed by atoms with E-state index in [0.717, 1.165) is 25.2 Å². The Morgan fingerprint density at radius 1 is 1.50 bits per heavy atom. The zero-order valence-electron chi connectivity index (χ0n) is 9.98. The average Bonchev–Trinajstić information content (AvgIpc) is 2.70. The molecule has 0 spiro atoms. The van der Waals surface area contributed by atoms with Gasteiger partial charge in [-0.1, -0.05) is 6.07 Å². The normalized spacial score (nSPS) is 22.4. The number of aliphatic hydroxyl groups is 1. The van der Waals surface area contributed by atoms with Crippen LogP contribution in [0.5, 0.6) is 0 Å². The van der Waals surface area contributed by atoms with E-state index in [0.29, 0.717) is 5.92 Å². The van der Waals surface area contributed by atoms with Gasteiger partial charge in [0.2, 0.25) is 0 Å². The van der Waals surface area contributed by atoms with Crippen LogP contribution in [0.2, 0.25) is 0 Å². The van der Waals surface area contributed by atoms with Crippen LogP contribution in [0, 0.1) is 12.8 Å². The van der Waals surface area contributed by atoms with Crippen molar-refractivity contribution in [2.45, 2.75) is 26.4 Å². The molecule has 1 aliphatic rings. The highest BCUT2D eigenvalue weighted by atomic mass is 16.3. The molecule has 3 heteroatoms. The van der Waals surface area contributed by atoms with Crippen LogP contribution in [-0.2, 0) is 0 Å². The van der Waals surface area contributed by atoms with E-state index in [9.17, 15) is 5.11 Å².